The van der Waals surface area contributed by atoms with E-state index in [4.69, 9.17) is 4.74 Å². The first-order valence-corrected chi connectivity index (χ1v) is 5.71. The second-order valence-corrected chi connectivity index (χ2v) is 5.64. The molecule has 0 saturated carbocycles. The molecule has 3 nitrogen and oxygen atoms in total. The van der Waals surface area contributed by atoms with Crippen molar-refractivity contribution in [1.29, 1.82) is 0 Å². The van der Waals surface area contributed by atoms with Crippen molar-refractivity contribution < 1.29 is 4.74 Å². The molecule has 0 rings (SSSR count). The van der Waals surface area contributed by atoms with E-state index in [0.717, 1.165) is 26.1 Å². The Kier molecular flexibility index (Phi) is 6.41. The quantitative estimate of drug-likeness (QED) is 0.647. The maximum absolute atomic E-state index is 5.11. The number of rotatable bonds is 8. The molecular formula is C12H28N2O. The topological polar surface area (TPSA) is 33.3 Å². The van der Waals surface area contributed by atoms with Crippen LogP contribution in [0.1, 0.15) is 34.1 Å². The van der Waals surface area contributed by atoms with Gasteiger partial charge in [-0.1, -0.05) is 13.8 Å². The molecule has 0 saturated heterocycles. The maximum atomic E-state index is 5.11. The van der Waals surface area contributed by atoms with Crippen molar-refractivity contribution >= 4 is 0 Å². The van der Waals surface area contributed by atoms with E-state index in [1.807, 2.05) is 7.05 Å². The van der Waals surface area contributed by atoms with Crippen LogP contribution in [0.15, 0.2) is 0 Å². The van der Waals surface area contributed by atoms with Crippen LogP contribution in [-0.2, 0) is 4.74 Å². The van der Waals surface area contributed by atoms with Gasteiger partial charge in [0.05, 0.1) is 0 Å². The summed E-state index contributed by atoms with van der Waals surface area (Å²) in [5.41, 5.74) is 0.469. The summed E-state index contributed by atoms with van der Waals surface area (Å²) in [5.74, 6) is 0. The molecule has 92 valence electrons. The third kappa shape index (κ3) is 7.77. The Morgan fingerprint density at radius 3 is 2.13 bits per heavy atom. The molecule has 0 atom stereocenters. The third-order valence-electron chi connectivity index (χ3n) is 2.83. The van der Waals surface area contributed by atoms with Crippen LogP contribution in [0.25, 0.3) is 0 Å². The maximum Gasteiger partial charge on any atom is 0.0467 e. The average molecular weight is 216 g/mol. The van der Waals surface area contributed by atoms with E-state index in [0.29, 0.717) is 5.41 Å². The largest absolute Gasteiger partial charge is 0.385 e. The molecule has 0 fully saturated rings. The summed E-state index contributed by atoms with van der Waals surface area (Å²) < 4.78 is 5.11. The van der Waals surface area contributed by atoms with Crippen LogP contribution in [-0.4, -0.2) is 39.4 Å². The molecule has 2 N–H and O–H groups in total. The SMILES string of the molecule is CNC(C)(C)CNCC(C)(C)CCOC. The van der Waals surface area contributed by atoms with Gasteiger partial charge < -0.3 is 15.4 Å². The number of ether oxygens (including phenoxy) is 1. The highest BCUT2D eigenvalue weighted by atomic mass is 16.5. The van der Waals surface area contributed by atoms with Crippen LogP contribution in [0.5, 0.6) is 0 Å². The van der Waals surface area contributed by atoms with Crippen molar-refractivity contribution in [2.75, 3.05) is 33.9 Å². The Morgan fingerprint density at radius 2 is 1.67 bits per heavy atom. The molecule has 0 aliphatic heterocycles. The molecule has 0 heterocycles. The predicted molar refractivity (Wildman–Crippen MR) is 66.3 cm³/mol. The molecule has 0 radical (unpaired) electrons. The lowest BCUT2D eigenvalue weighted by atomic mass is 9.89. The molecule has 3 heteroatoms. The minimum Gasteiger partial charge on any atom is -0.385 e. The first-order chi connectivity index (χ1) is 6.83. The van der Waals surface area contributed by atoms with Gasteiger partial charge in [0.25, 0.3) is 0 Å². The predicted octanol–water partition coefficient (Wildman–Crippen LogP) is 1.64. The van der Waals surface area contributed by atoms with Gasteiger partial charge in [0, 0.05) is 32.3 Å². The third-order valence-corrected chi connectivity index (χ3v) is 2.83. The van der Waals surface area contributed by atoms with Crippen molar-refractivity contribution in [3.63, 3.8) is 0 Å². The van der Waals surface area contributed by atoms with E-state index in [-0.39, 0.29) is 5.54 Å². The molecule has 0 bridgehead atoms. The van der Waals surface area contributed by atoms with Crippen molar-refractivity contribution in [1.82, 2.24) is 10.6 Å². The summed E-state index contributed by atoms with van der Waals surface area (Å²) in [6.07, 6.45) is 1.09. The average Bonchev–Trinajstić information content (AvgIpc) is 2.14. The number of nitrogens with one attached hydrogen (secondary N) is 2. The van der Waals surface area contributed by atoms with Crippen molar-refractivity contribution in [2.45, 2.75) is 39.7 Å². The second-order valence-electron chi connectivity index (χ2n) is 5.64. The summed E-state index contributed by atoms with van der Waals surface area (Å²) >= 11 is 0. The minimum absolute atomic E-state index is 0.164. The van der Waals surface area contributed by atoms with Gasteiger partial charge in [-0.15, -0.1) is 0 Å². The van der Waals surface area contributed by atoms with Crippen molar-refractivity contribution in [3.05, 3.63) is 0 Å². The summed E-state index contributed by atoms with van der Waals surface area (Å²) in [6.45, 7) is 11.8. The van der Waals surface area contributed by atoms with Crippen LogP contribution < -0.4 is 10.6 Å². The highest BCUT2D eigenvalue weighted by Crippen LogP contribution is 2.18. The van der Waals surface area contributed by atoms with Crippen LogP contribution in [0.2, 0.25) is 0 Å². The molecule has 0 spiro atoms. The van der Waals surface area contributed by atoms with Gasteiger partial charge in [0.2, 0.25) is 0 Å². The van der Waals surface area contributed by atoms with Gasteiger partial charge in [-0.25, -0.2) is 0 Å². The first kappa shape index (κ1) is 14.9. The smallest absolute Gasteiger partial charge is 0.0467 e. The minimum atomic E-state index is 0.164. The van der Waals surface area contributed by atoms with Crippen molar-refractivity contribution in [2.24, 2.45) is 5.41 Å². The number of hydrogen-bond donors (Lipinski definition) is 2. The number of hydrogen-bond acceptors (Lipinski definition) is 3. The van der Waals surface area contributed by atoms with E-state index in [2.05, 4.69) is 38.3 Å². The monoisotopic (exact) mass is 216 g/mol. The fourth-order valence-corrected chi connectivity index (χ4v) is 1.27. The first-order valence-electron chi connectivity index (χ1n) is 5.71. The lowest BCUT2D eigenvalue weighted by Crippen LogP contribution is -2.47. The van der Waals surface area contributed by atoms with Crippen molar-refractivity contribution in [3.8, 4) is 0 Å². The molecule has 0 aromatic rings. The molecule has 0 aromatic heterocycles. The lowest BCUT2D eigenvalue weighted by Gasteiger charge is -2.29. The lowest BCUT2D eigenvalue weighted by molar-refractivity contribution is 0.149. The van der Waals surface area contributed by atoms with E-state index < -0.39 is 0 Å². The zero-order chi connectivity index (χ0) is 11.9. The fourth-order valence-electron chi connectivity index (χ4n) is 1.27. The molecule has 0 unspecified atom stereocenters. The number of methoxy groups -OCH3 is 1. The molecule has 0 aliphatic rings. The zero-order valence-corrected chi connectivity index (χ0v) is 11.2. The van der Waals surface area contributed by atoms with E-state index in [1.54, 1.807) is 7.11 Å². The van der Waals surface area contributed by atoms with Crippen LogP contribution in [0.4, 0.5) is 0 Å². The standard InChI is InChI=1S/C12H28N2O/c1-11(2,7-8-15-6)9-14-10-12(3,4)13-5/h13-14H,7-10H2,1-6H3. The van der Waals surface area contributed by atoms with Crippen LogP contribution in [0.3, 0.4) is 0 Å². The van der Waals surface area contributed by atoms with E-state index in [9.17, 15) is 0 Å². The molecule has 0 aromatic carbocycles. The summed E-state index contributed by atoms with van der Waals surface area (Å²) in [4.78, 5) is 0. The van der Waals surface area contributed by atoms with Gasteiger partial charge in [0.1, 0.15) is 0 Å². The van der Waals surface area contributed by atoms with E-state index in [1.165, 1.54) is 0 Å². The Hall–Kier alpha value is -0.120. The normalized spacial score (nSPS) is 13.2. The Morgan fingerprint density at radius 1 is 1.07 bits per heavy atom. The summed E-state index contributed by atoms with van der Waals surface area (Å²) in [5, 5.41) is 6.79. The highest BCUT2D eigenvalue weighted by Gasteiger charge is 2.19. The zero-order valence-electron chi connectivity index (χ0n) is 11.2. The second kappa shape index (κ2) is 6.46. The Labute approximate surface area is 95.0 Å². The Bertz CT molecular complexity index is 167. The Balaban J connectivity index is 3.74. The summed E-state index contributed by atoms with van der Waals surface area (Å²) in [7, 11) is 3.76. The summed E-state index contributed by atoms with van der Waals surface area (Å²) in [6, 6.07) is 0. The highest BCUT2D eigenvalue weighted by molar-refractivity contribution is 4.80. The van der Waals surface area contributed by atoms with Gasteiger partial charge in [0.15, 0.2) is 0 Å². The number of likely N-dealkylation sites (N-methyl/N-ethyl adjacent to an activating group) is 1. The fraction of sp³-hybridized carbons (Fsp3) is 1.00. The van der Waals surface area contributed by atoms with Crippen LogP contribution in [0, 0.1) is 5.41 Å². The molecule has 15 heavy (non-hydrogen) atoms. The molecule has 0 aliphatic carbocycles. The molecular weight excluding hydrogens is 188 g/mol. The van der Waals surface area contributed by atoms with Crippen LogP contribution >= 0.6 is 0 Å². The van der Waals surface area contributed by atoms with Gasteiger partial charge >= 0.3 is 0 Å². The van der Waals surface area contributed by atoms with E-state index >= 15 is 0 Å². The van der Waals surface area contributed by atoms with Gasteiger partial charge in [-0.05, 0) is 32.7 Å². The van der Waals surface area contributed by atoms with Gasteiger partial charge in [-0.3, -0.25) is 0 Å². The molecule has 0 amide bonds. The van der Waals surface area contributed by atoms with Gasteiger partial charge in [-0.2, -0.15) is 0 Å².